The molecule has 1 aromatic heterocycles. The molecule has 1 amide bonds. The standard InChI is InChI=1S/C14H21ClN4O2/c1-13(2)7-19(8-14(3,4)21-13)12(20)11-9(15)5-6-10(17-11)18-16/h5-6H,7-8,16H2,1-4H3,(H,17,18). The number of hydrazine groups is 1. The summed E-state index contributed by atoms with van der Waals surface area (Å²) < 4.78 is 5.97. The molecule has 21 heavy (non-hydrogen) atoms. The van der Waals surface area contributed by atoms with Gasteiger partial charge in [0.25, 0.3) is 5.91 Å². The van der Waals surface area contributed by atoms with Crippen LogP contribution in [0.25, 0.3) is 0 Å². The molecule has 0 atom stereocenters. The molecule has 0 radical (unpaired) electrons. The van der Waals surface area contributed by atoms with Crippen molar-refractivity contribution >= 4 is 23.3 Å². The summed E-state index contributed by atoms with van der Waals surface area (Å²) in [4.78, 5) is 18.6. The third-order valence-electron chi connectivity index (χ3n) is 3.18. The summed E-state index contributed by atoms with van der Waals surface area (Å²) in [6.45, 7) is 8.80. The lowest BCUT2D eigenvalue weighted by Gasteiger charge is -2.47. The van der Waals surface area contributed by atoms with Crippen LogP contribution in [0, 0.1) is 0 Å². The van der Waals surface area contributed by atoms with Gasteiger partial charge in [-0.05, 0) is 39.8 Å². The first-order valence-electron chi connectivity index (χ1n) is 6.76. The Kier molecular flexibility index (Phi) is 4.15. The minimum atomic E-state index is -0.423. The van der Waals surface area contributed by atoms with Gasteiger partial charge in [0.2, 0.25) is 0 Å². The quantitative estimate of drug-likeness (QED) is 0.645. The summed E-state index contributed by atoms with van der Waals surface area (Å²) in [5, 5.41) is 0.307. The number of morpholine rings is 1. The van der Waals surface area contributed by atoms with Gasteiger partial charge in [0.15, 0.2) is 0 Å². The number of ether oxygens (including phenoxy) is 1. The van der Waals surface area contributed by atoms with Crippen molar-refractivity contribution < 1.29 is 9.53 Å². The van der Waals surface area contributed by atoms with Crippen molar-refractivity contribution in [3.63, 3.8) is 0 Å². The molecule has 1 aliphatic heterocycles. The van der Waals surface area contributed by atoms with Gasteiger partial charge in [-0.2, -0.15) is 0 Å². The van der Waals surface area contributed by atoms with E-state index in [-0.39, 0.29) is 11.6 Å². The Balaban J connectivity index is 2.31. The Hall–Kier alpha value is -1.37. The fraction of sp³-hybridized carbons (Fsp3) is 0.571. The van der Waals surface area contributed by atoms with Crippen LogP contribution in [0.4, 0.5) is 5.82 Å². The first-order chi connectivity index (χ1) is 9.63. The number of amides is 1. The molecule has 116 valence electrons. The topological polar surface area (TPSA) is 80.5 Å². The van der Waals surface area contributed by atoms with Crippen LogP contribution in [-0.2, 0) is 4.74 Å². The summed E-state index contributed by atoms with van der Waals surface area (Å²) in [5.41, 5.74) is 1.77. The zero-order valence-electron chi connectivity index (χ0n) is 12.7. The van der Waals surface area contributed by atoms with Gasteiger partial charge in [-0.1, -0.05) is 11.6 Å². The second-order valence-electron chi connectivity index (χ2n) is 6.45. The van der Waals surface area contributed by atoms with E-state index in [2.05, 4.69) is 10.4 Å². The van der Waals surface area contributed by atoms with Crippen molar-refractivity contribution in [2.45, 2.75) is 38.9 Å². The molecule has 1 aromatic rings. The van der Waals surface area contributed by atoms with Gasteiger partial charge >= 0.3 is 0 Å². The lowest BCUT2D eigenvalue weighted by molar-refractivity contribution is -0.171. The maximum atomic E-state index is 12.7. The Morgan fingerprint density at radius 3 is 2.43 bits per heavy atom. The van der Waals surface area contributed by atoms with E-state index in [9.17, 15) is 4.79 Å². The zero-order chi connectivity index (χ0) is 15.8. The molecule has 0 aliphatic carbocycles. The first kappa shape index (κ1) is 16.0. The molecule has 1 fully saturated rings. The molecule has 0 unspecified atom stereocenters. The number of nitrogens with two attached hydrogens (primary N) is 1. The Morgan fingerprint density at radius 1 is 1.33 bits per heavy atom. The van der Waals surface area contributed by atoms with Gasteiger partial charge in [-0.3, -0.25) is 4.79 Å². The molecule has 1 saturated heterocycles. The summed E-state index contributed by atoms with van der Waals surface area (Å²) in [7, 11) is 0. The Labute approximate surface area is 129 Å². The van der Waals surface area contributed by atoms with Crippen molar-refractivity contribution in [3.05, 3.63) is 22.8 Å². The number of carbonyl (C=O) groups is 1. The van der Waals surface area contributed by atoms with Crippen LogP contribution in [0.5, 0.6) is 0 Å². The average Bonchev–Trinajstić information content (AvgIpc) is 2.35. The normalized spacial score (nSPS) is 20.2. The number of pyridine rings is 1. The highest BCUT2D eigenvalue weighted by Gasteiger charge is 2.40. The number of hydrogen-bond donors (Lipinski definition) is 2. The van der Waals surface area contributed by atoms with E-state index in [1.54, 1.807) is 17.0 Å². The van der Waals surface area contributed by atoms with E-state index in [0.29, 0.717) is 23.9 Å². The molecule has 2 rings (SSSR count). The molecule has 0 saturated carbocycles. The zero-order valence-corrected chi connectivity index (χ0v) is 13.5. The van der Waals surface area contributed by atoms with Crippen molar-refractivity contribution in [2.75, 3.05) is 18.5 Å². The number of aromatic nitrogens is 1. The van der Waals surface area contributed by atoms with E-state index >= 15 is 0 Å². The van der Waals surface area contributed by atoms with Gasteiger partial charge in [-0.25, -0.2) is 10.8 Å². The summed E-state index contributed by atoms with van der Waals surface area (Å²) in [6.07, 6.45) is 0. The second kappa shape index (κ2) is 5.44. The summed E-state index contributed by atoms with van der Waals surface area (Å²) >= 11 is 6.10. The van der Waals surface area contributed by atoms with Gasteiger partial charge < -0.3 is 15.1 Å². The number of rotatable bonds is 2. The minimum absolute atomic E-state index is 0.195. The molecule has 7 heteroatoms. The molecule has 3 N–H and O–H groups in total. The lowest BCUT2D eigenvalue weighted by Crippen LogP contribution is -2.58. The van der Waals surface area contributed by atoms with Gasteiger partial charge in [0, 0.05) is 13.1 Å². The number of carbonyl (C=O) groups excluding carboxylic acids is 1. The Morgan fingerprint density at radius 2 is 1.90 bits per heavy atom. The van der Waals surface area contributed by atoms with Crippen LogP contribution in [0.2, 0.25) is 5.02 Å². The smallest absolute Gasteiger partial charge is 0.274 e. The molecule has 0 aromatic carbocycles. The maximum Gasteiger partial charge on any atom is 0.274 e. The number of nitrogens with one attached hydrogen (secondary N) is 1. The fourth-order valence-electron chi connectivity index (χ4n) is 2.75. The van der Waals surface area contributed by atoms with E-state index < -0.39 is 11.2 Å². The number of halogens is 1. The van der Waals surface area contributed by atoms with E-state index in [4.69, 9.17) is 22.2 Å². The van der Waals surface area contributed by atoms with Crippen molar-refractivity contribution in [1.82, 2.24) is 9.88 Å². The van der Waals surface area contributed by atoms with Crippen molar-refractivity contribution in [2.24, 2.45) is 5.84 Å². The van der Waals surface area contributed by atoms with E-state index in [1.165, 1.54) is 0 Å². The first-order valence-corrected chi connectivity index (χ1v) is 7.14. The number of nitrogen functional groups attached to an aromatic ring is 1. The molecule has 0 spiro atoms. The second-order valence-corrected chi connectivity index (χ2v) is 6.86. The van der Waals surface area contributed by atoms with Crippen LogP contribution >= 0.6 is 11.6 Å². The highest BCUT2D eigenvalue weighted by atomic mass is 35.5. The summed E-state index contributed by atoms with van der Waals surface area (Å²) in [6, 6.07) is 3.22. The Bertz CT molecular complexity index is 544. The average molecular weight is 313 g/mol. The predicted molar refractivity (Wildman–Crippen MR) is 82.2 cm³/mol. The van der Waals surface area contributed by atoms with Crippen LogP contribution in [0.15, 0.2) is 12.1 Å². The van der Waals surface area contributed by atoms with Crippen molar-refractivity contribution in [1.29, 1.82) is 0 Å². The highest BCUT2D eigenvalue weighted by Crippen LogP contribution is 2.29. The lowest BCUT2D eigenvalue weighted by atomic mass is 9.98. The van der Waals surface area contributed by atoms with Crippen molar-refractivity contribution in [3.8, 4) is 0 Å². The van der Waals surface area contributed by atoms with Gasteiger partial charge in [0.05, 0.1) is 16.2 Å². The fourth-order valence-corrected chi connectivity index (χ4v) is 2.94. The SMILES string of the molecule is CC1(C)CN(C(=O)c2nc(NN)ccc2Cl)CC(C)(C)O1. The van der Waals surface area contributed by atoms with Crippen LogP contribution < -0.4 is 11.3 Å². The summed E-state index contributed by atoms with van der Waals surface area (Å²) in [5.74, 6) is 5.51. The molecular formula is C14H21ClN4O2. The highest BCUT2D eigenvalue weighted by molar-refractivity contribution is 6.33. The van der Waals surface area contributed by atoms with Crippen LogP contribution in [0.3, 0.4) is 0 Å². The van der Waals surface area contributed by atoms with Gasteiger partial charge in [0.1, 0.15) is 11.5 Å². The van der Waals surface area contributed by atoms with Gasteiger partial charge in [-0.15, -0.1) is 0 Å². The third-order valence-corrected chi connectivity index (χ3v) is 3.48. The third kappa shape index (κ3) is 3.64. The number of anilines is 1. The van der Waals surface area contributed by atoms with Crippen LogP contribution in [-0.4, -0.2) is 40.1 Å². The number of hydrogen-bond acceptors (Lipinski definition) is 5. The predicted octanol–water partition coefficient (Wildman–Crippen LogP) is 2.05. The van der Waals surface area contributed by atoms with E-state index in [1.807, 2.05) is 27.7 Å². The maximum absolute atomic E-state index is 12.7. The number of nitrogens with zero attached hydrogens (tertiary/aromatic N) is 2. The van der Waals surface area contributed by atoms with E-state index in [0.717, 1.165) is 0 Å². The molecule has 0 bridgehead atoms. The molecule has 1 aliphatic rings. The largest absolute Gasteiger partial charge is 0.366 e. The molecule has 2 heterocycles. The van der Waals surface area contributed by atoms with Crippen LogP contribution in [0.1, 0.15) is 38.2 Å². The molecule has 6 nitrogen and oxygen atoms in total. The minimum Gasteiger partial charge on any atom is -0.366 e. The monoisotopic (exact) mass is 312 g/mol. The molecular weight excluding hydrogens is 292 g/mol.